The number of benzene rings is 1. The molecule has 2 aromatic heterocycles. The van der Waals surface area contributed by atoms with Crippen LogP contribution >= 0.6 is 0 Å². The van der Waals surface area contributed by atoms with Gasteiger partial charge in [-0.15, -0.1) is 0 Å². The Hall–Kier alpha value is -3.62. The molecule has 3 aromatic rings. The molecule has 1 saturated carbocycles. The summed E-state index contributed by atoms with van der Waals surface area (Å²) in [5.41, 5.74) is 0.850. The lowest BCUT2D eigenvalue weighted by atomic mass is 9.67. The first-order valence-electron chi connectivity index (χ1n) is 9.74. The van der Waals surface area contributed by atoms with Gasteiger partial charge in [-0.3, -0.25) is 9.59 Å². The zero-order valence-corrected chi connectivity index (χ0v) is 16.7. The van der Waals surface area contributed by atoms with E-state index in [-0.39, 0.29) is 23.4 Å². The van der Waals surface area contributed by atoms with Gasteiger partial charge in [-0.05, 0) is 30.5 Å². The van der Waals surface area contributed by atoms with Crippen molar-refractivity contribution >= 4 is 5.91 Å². The topological polar surface area (TPSA) is 86.1 Å². The number of halogens is 2. The van der Waals surface area contributed by atoms with Crippen molar-refractivity contribution in [2.24, 2.45) is 0 Å². The minimum atomic E-state index is -2.96. The van der Waals surface area contributed by atoms with Gasteiger partial charge in [0.1, 0.15) is 0 Å². The SMILES string of the molecule is CC(=O)NC1(c2ccccc2)CCC1n1nc(-c2ccc(OC(F)F)nc2)ccc1=O. The van der Waals surface area contributed by atoms with Crippen LogP contribution in [0.5, 0.6) is 5.88 Å². The van der Waals surface area contributed by atoms with Gasteiger partial charge in [0.15, 0.2) is 0 Å². The van der Waals surface area contributed by atoms with Gasteiger partial charge in [-0.2, -0.15) is 13.9 Å². The fraction of sp³-hybridized carbons (Fsp3) is 0.273. The third-order valence-electron chi connectivity index (χ3n) is 5.43. The first-order chi connectivity index (χ1) is 14.9. The van der Waals surface area contributed by atoms with Gasteiger partial charge in [0.05, 0.1) is 17.3 Å². The van der Waals surface area contributed by atoms with E-state index in [2.05, 4.69) is 20.1 Å². The van der Waals surface area contributed by atoms with Gasteiger partial charge in [0.25, 0.3) is 5.56 Å². The minimum absolute atomic E-state index is 0.198. The number of nitrogens with one attached hydrogen (secondary N) is 1. The van der Waals surface area contributed by atoms with Gasteiger partial charge >= 0.3 is 6.61 Å². The first-order valence-corrected chi connectivity index (χ1v) is 9.74. The minimum Gasteiger partial charge on any atom is -0.417 e. The number of nitrogens with zero attached hydrogens (tertiary/aromatic N) is 3. The highest BCUT2D eigenvalue weighted by Crippen LogP contribution is 2.49. The molecule has 2 atom stereocenters. The average molecular weight is 426 g/mol. The van der Waals surface area contributed by atoms with Crippen molar-refractivity contribution in [3.8, 4) is 17.1 Å². The van der Waals surface area contributed by atoms with Crippen LogP contribution in [0.15, 0.2) is 65.6 Å². The lowest BCUT2D eigenvalue weighted by molar-refractivity contribution is -0.123. The first kappa shape index (κ1) is 20.6. The summed E-state index contributed by atoms with van der Waals surface area (Å²) in [7, 11) is 0. The molecule has 1 aliphatic carbocycles. The quantitative estimate of drug-likeness (QED) is 0.654. The second-order valence-corrected chi connectivity index (χ2v) is 7.34. The second kappa shape index (κ2) is 8.25. The van der Waals surface area contributed by atoms with Gasteiger partial charge in [0.2, 0.25) is 11.8 Å². The molecular formula is C22H20F2N4O3. The number of carbonyl (C=O) groups excluding carboxylic acids is 1. The maximum Gasteiger partial charge on any atom is 0.388 e. The summed E-state index contributed by atoms with van der Waals surface area (Å²) in [6, 6.07) is 14.9. The third-order valence-corrected chi connectivity index (χ3v) is 5.43. The Bertz CT molecular complexity index is 1140. The molecule has 1 aliphatic rings. The van der Waals surface area contributed by atoms with Crippen molar-refractivity contribution in [1.82, 2.24) is 20.1 Å². The fourth-order valence-electron chi connectivity index (χ4n) is 3.99. The second-order valence-electron chi connectivity index (χ2n) is 7.34. The van der Waals surface area contributed by atoms with Crippen molar-refractivity contribution in [2.45, 2.75) is 38.0 Å². The highest BCUT2D eigenvalue weighted by Gasteiger charge is 2.51. The summed E-state index contributed by atoms with van der Waals surface area (Å²) >= 11 is 0. The molecule has 160 valence electrons. The molecule has 9 heteroatoms. The number of rotatable bonds is 6. The number of hydrogen-bond acceptors (Lipinski definition) is 5. The maximum absolute atomic E-state index is 12.7. The lowest BCUT2D eigenvalue weighted by Gasteiger charge is -2.50. The van der Waals surface area contributed by atoms with Crippen molar-refractivity contribution in [3.63, 3.8) is 0 Å². The number of aromatic nitrogens is 3. The van der Waals surface area contributed by atoms with Crippen LogP contribution < -0.4 is 15.6 Å². The van der Waals surface area contributed by atoms with Gasteiger partial charge in [0, 0.05) is 30.8 Å². The normalized spacial score (nSPS) is 20.2. The number of amides is 1. The number of ether oxygens (including phenoxy) is 1. The highest BCUT2D eigenvalue weighted by atomic mass is 19.3. The van der Waals surface area contributed by atoms with Crippen LogP contribution in [0.3, 0.4) is 0 Å². The monoisotopic (exact) mass is 426 g/mol. The average Bonchev–Trinajstić information content (AvgIpc) is 2.73. The maximum atomic E-state index is 12.7. The predicted octanol–water partition coefficient (Wildman–Crippen LogP) is 3.27. The molecule has 2 unspecified atom stereocenters. The molecule has 0 radical (unpaired) electrons. The van der Waals surface area contributed by atoms with Gasteiger partial charge < -0.3 is 10.1 Å². The molecule has 31 heavy (non-hydrogen) atoms. The zero-order chi connectivity index (χ0) is 22.0. The van der Waals surface area contributed by atoms with E-state index < -0.39 is 12.2 Å². The molecule has 0 saturated heterocycles. The molecular weight excluding hydrogens is 406 g/mol. The molecule has 1 amide bonds. The van der Waals surface area contributed by atoms with E-state index >= 15 is 0 Å². The largest absolute Gasteiger partial charge is 0.417 e. The van der Waals surface area contributed by atoms with E-state index in [0.29, 0.717) is 24.1 Å². The Morgan fingerprint density at radius 1 is 1.19 bits per heavy atom. The summed E-state index contributed by atoms with van der Waals surface area (Å²) < 4.78 is 30.3. The Balaban J connectivity index is 1.71. The fourth-order valence-corrected chi connectivity index (χ4v) is 3.99. The summed E-state index contributed by atoms with van der Waals surface area (Å²) in [4.78, 5) is 28.5. The van der Waals surface area contributed by atoms with E-state index in [4.69, 9.17) is 0 Å². The molecule has 1 fully saturated rings. The van der Waals surface area contributed by atoms with Gasteiger partial charge in [-0.25, -0.2) is 9.67 Å². The Morgan fingerprint density at radius 3 is 2.55 bits per heavy atom. The summed E-state index contributed by atoms with van der Waals surface area (Å²) in [6.45, 7) is -1.52. The van der Waals surface area contributed by atoms with Crippen LogP contribution in [0.4, 0.5) is 8.78 Å². The third kappa shape index (κ3) is 4.03. The lowest BCUT2D eigenvalue weighted by Crippen LogP contribution is -2.59. The van der Waals surface area contributed by atoms with E-state index in [0.717, 1.165) is 5.56 Å². The van der Waals surface area contributed by atoms with Crippen molar-refractivity contribution in [2.75, 3.05) is 0 Å². The van der Waals surface area contributed by atoms with E-state index in [1.807, 2.05) is 30.3 Å². The Labute approximate surface area is 176 Å². The number of carbonyl (C=O) groups is 1. The van der Waals surface area contributed by atoms with Crippen molar-refractivity contribution in [1.29, 1.82) is 0 Å². The molecule has 1 aromatic carbocycles. The highest BCUT2D eigenvalue weighted by molar-refractivity contribution is 5.74. The molecule has 1 N–H and O–H groups in total. The molecule has 7 nitrogen and oxygen atoms in total. The van der Waals surface area contributed by atoms with Crippen LogP contribution in [0, 0.1) is 0 Å². The Morgan fingerprint density at radius 2 is 1.97 bits per heavy atom. The Kier molecular flexibility index (Phi) is 5.50. The summed E-state index contributed by atoms with van der Waals surface area (Å²) in [5.74, 6) is -0.406. The van der Waals surface area contributed by atoms with Crippen LogP contribution in [-0.2, 0) is 10.3 Å². The number of hydrogen-bond donors (Lipinski definition) is 1. The smallest absolute Gasteiger partial charge is 0.388 e. The molecule has 0 bridgehead atoms. The molecule has 0 aliphatic heterocycles. The predicted molar refractivity (Wildman–Crippen MR) is 109 cm³/mol. The van der Waals surface area contributed by atoms with Crippen LogP contribution in [-0.4, -0.2) is 27.3 Å². The van der Waals surface area contributed by atoms with Crippen LogP contribution in [0.1, 0.15) is 31.4 Å². The van der Waals surface area contributed by atoms with Crippen molar-refractivity contribution in [3.05, 3.63) is 76.7 Å². The van der Waals surface area contributed by atoms with E-state index in [9.17, 15) is 18.4 Å². The number of alkyl halides is 2. The van der Waals surface area contributed by atoms with E-state index in [1.54, 1.807) is 12.1 Å². The summed E-state index contributed by atoms with van der Waals surface area (Å²) in [6.07, 6.45) is 2.68. The molecule has 0 spiro atoms. The molecule has 2 heterocycles. The molecule has 4 rings (SSSR count). The van der Waals surface area contributed by atoms with Gasteiger partial charge in [-0.1, -0.05) is 30.3 Å². The van der Waals surface area contributed by atoms with E-state index in [1.165, 1.54) is 29.9 Å². The number of pyridine rings is 1. The van der Waals surface area contributed by atoms with Crippen LogP contribution in [0.2, 0.25) is 0 Å². The van der Waals surface area contributed by atoms with Crippen molar-refractivity contribution < 1.29 is 18.3 Å². The standard InChI is InChI=1S/C22H20F2N4O3/c1-14(29)26-22(16-5-3-2-4-6-16)12-11-18(22)28-20(30)10-8-17(27-28)15-7-9-19(25-13-15)31-21(23)24/h2-10,13,18,21H,11-12H2,1H3,(H,26,29). The van der Waals surface area contributed by atoms with Crippen LogP contribution in [0.25, 0.3) is 11.3 Å². The zero-order valence-electron chi connectivity index (χ0n) is 16.7. The summed E-state index contributed by atoms with van der Waals surface area (Å²) in [5, 5.41) is 7.54.